The maximum absolute atomic E-state index is 11.5. The predicted molar refractivity (Wildman–Crippen MR) is 83.9 cm³/mol. The predicted octanol–water partition coefficient (Wildman–Crippen LogP) is 3.08. The molecule has 2 rings (SSSR count). The summed E-state index contributed by atoms with van der Waals surface area (Å²) in [5.74, 6) is 0.562. The Morgan fingerprint density at radius 3 is 2.52 bits per heavy atom. The Hall–Kier alpha value is -1.52. The van der Waals surface area contributed by atoms with Gasteiger partial charge in [0, 0.05) is 20.1 Å². The minimum Gasteiger partial charge on any atom is -0.477 e. The van der Waals surface area contributed by atoms with Crippen LogP contribution in [0.15, 0.2) is 0 Å². The highest BCUT2D eigenvalue weighted by molar-refractivity contribution is 5.94. The zero-order chi connectivity index (χ0) is 15.8. The van der Waals surface area contributed by atoms with Crippen LogP contribution in [-0.4, -0.2) is 33.9 Å². The van der Waals surface area contributed by atoms with Crippen LogP contribution in [0.1, 0.15) is 56.1 Å². The summed E-state index contributed by atoms with van der Waals surface area (Å²) in [5, 5.41) is 13.8. The van der Waals surface area contributed by atoms with Gasteiger partial charge in [-0.25, -0.2) is 4.79 Å². The summed E-state index contributed by atoms with van der Waals surface area (Å²) in [6, 6.07) is 0. The molecule has 118 valence electrons. The van der Waals surface area contributed by atoms with Crippen LogP contribution < -0.4 is 4.90 Å². The molecule has 0 saturated carbocycles. The van der Waals surface area contributed by atoms with Gasteiger partial charge in [-0.1, -0.05) is 20.8 Å². The molecule has 1 aliphatic heterocycles. The first-order chi connectivity index (χ1) is 9.71. The number of carbonyl (C=O) groups is 1. The van der Waals surface area contributed by atoms with Crippen molar-refractivity contribution in [1.82, 2.24) is 9.78 Å². The molecule has 0 amide bonds. The van der Waals surface area contributed by atoms with E-state index in [2.05, 4.69) is 30.8 Å². The second-order valence-corrected chi connectivity index (χ2v) is 7.19. The Morgan fingerprint density at radius 1 is 1.29 bits per heavy atom. The number of aromatic nitrogens is 2. The number of anilines is 1. The van der Waals surface area contributed by atoms with E-state index >= 15 is 0 Å². The molecule has 1 aromatic rings. The molecule has 2 heterocycles. The van der Waals surface area contributed by atoms with E-state index in [-0.39, 0.29) is 0 Å². The van der Waals surface area contributed by atoms with E-state index < -0.39 is 5.97 Å². The SMILES string of the molecule is Cc1nn(C)c(N2CCCC(C(C)(C)C)CC2)c1C(=O)O. The standard InChI is InChI=1S/C16H27N3O2/c1-11-13(15(20)21)14(18(5)17-11)19-9-6-7-12(8-10-19)16(2,3)4/h12H,6-10H2,1-5H3,(H,20,21). The monoisotopic (exact) mass is 293 g/mol. The summed E-state index contributed by atoms with van der Waals surface area (Å²) in [6.07, 6.45) is 3.41. The number of aromatic carboxylic acids is 1. The molecular formula is C16H27N3O2. The zero-order valence-electron chi connectivity index (χ0n) is 13.8. The van der Waals surface area contributed by atoms with Gasteiger partial charge in [0.05, 0.1) is 5.69 Å². The van der Waals surface area contributed by atoms with Gasteiger partial charge in [0.15, 0.2) is 0 Å². The number of carboxylic acids is 1. The third kappa shape index (κ3) is 3.22. The minimum atomic E-state index is -0.882. The summed E-state index contributed by atoms with van der Waals surface area (Å²) in [6.45, 7) is 10.5. The summed E-state index contributed by atoms with van der Waals surface area (Å²) >= 11 is 0. The van der Waals surface area contributed by atoms with Crippen molar-refractivity contribution >= 4 is 11.8 Å². The van der Waals surface area contributed by atoms with Crippen LogP contribution in [0.2, 0.25) is 0 Å². The molecule has 1 aliphatic rings. The average Bonchev–Trinajstić information content (AvgIpc) is 2.54. The molecule has 0 spiro atoms. The van der Waals surface area contributed by atoms with E-state index in [0.717, 1.165) is 31.7 Å². The number of carboxylic acid groups (broad SMARTS) is 1. The lowest BCUT2D eigenvalue weighted by Crippen LogP contribution is -2.29. The molecule has 1 fully saturated rings. The van der Waals surface area contributed by atoms with Crippen LogP contribution >= 0.6 is 0 Å². The van der Waals surface area contributed by atoms with Gasteiger partial charge in [-0.3, -0.25) is 4.68 Å². The first-order valence-electron chi connectivity index (χ1n) is 7.73. The number of hydrogen-bond acceptors (Lipinski definition) is 3. The van der Waals surface area contributed by atoms with Crippen molar-refractivity contribution in [3.8, 4) is 0 Å². The molecule has 21 heavy (non-hydrogen) atoms. The molecule has 5 nitrogen and oxygen atoms in total. The largest absolute Gasteiger partial charge is 0.477 e. The molecule has 0 aromatic carbocycles. The average molecular weight is 293 g/mol. The lowest BCUT2D eigenvalue weighted by molar-refractivity contribution is 0.0696. The smallest absolute Gasteiger partial charge is 0.341 e. The quantitative estimate of drug-likeness (QED) is 0.910. The third-order valence-corrected chi connectivity index (χ3v) is 4.66. The number of nitrogens with zero attached hydrogens (tertiary/aromatic N) is 3. The lowest BCUT2D eigenvalue weighted by atomic mass is 9.77. The van der Waals surface area contributed by atoms with Gasteiger partial charge >= 0.3 is 5.97 Å². The number of hydrogen-bond donors (Lipinski definition) is 1. The van der Waals surface area contributed by atoms with Crippen molar-refractivity contribution in [2.45, 2.75) is 47.0 Å². The minimum absolute atomic E-state index is 0.314. The van der Waals surface area contributed by atoms with E-state index in [4.69, 9.17) is 0 Å². The van der Waals surface area contributed by atoms with Crippen LogP contribution in [0, 0.1) is 18.3 Å². The third-order valence-electron chi connectivity index (χ3n) is 4.66. The summed E-state index contributed by atoms with van der Waals surface area (Å²) in [4.78, 5) is 13.7. The van der Waals surface area contributed by atoms with Crippen molar-refractivity contribution < 1.29 is 9.90 Å². The summed E-state index contributed by atoms with van der Waals surface area (Å²) < 4.78 is 1.72. The van der Waals surface area contributed by atoms with Crippen molar-refractivity contribution in [1.29, 1.82) is 0 Å². The normalized spacial score (nSPS) is 20.4. The Morgan fingerprint density at radius 2 is 1.95 bits per heavy atom. The maximum atomic E-state index is 11.5. The van der Waals surface area contributed by atoms with Gasteiger partial charge in [0.25, 0.3) is 0 Å². The van der Waals surface area contributed by atoms with E-state index in [0.29, 0.717) is 22.6 Å². The molecular weight excluding hydrogens is 266 g/mol. The first kappa shape index (κ1) is 15.9. The molecule has 0 bridgehead atoms. The van der Waals surface area contributed by atoms with Gasteiger partial charge in [-0.2, -0.15) is 5.10 Å². The highest BCUT2D eigenvalue weighted by Gasteiger charge is 2.30. The second-order valence-electron chi connectivity index (χ2n) is 7.19. The van der Waals surface area contributed by atoms with Gasteiger partial charge in [0.2, 0.25) is 0 Å². The Labute approximate surface area is 126 Å². The van der Waals surface area contributed by atoms with E-state index in [1.165, 1.54) is 6.42 Å². The van der Waals surface area contributed by atoms with E-state index in [9.17, 15) is 9.90 Å². The van der Waals surface area contributed by atoms with Crippen molar-refractivity contribution in [2.24, 2.45) is 18.4 Å². The number of aryl methyl sites for hydroxylation is 2. The van der Waals surface area contributed by atoms with Gasteiger partial charge in [-0.15, -0.1) is 0 Å². The first-order valence-corrected chi connectivity index (χ1v) is 7.73. The topological polar surface area (TPSA) is 58.4 Å². The van der Waals surface area contributed by atoms with E-state index in [1.807, 2.05) is 7.05 Å². The second kappa shape index (κ2) is 5.70. The fraction of sp³-hybridized carbons (Fsp3) is 0.750. The van der Waals surface area contributed by atoms with Crippen molar-refractivity contribution in [3.05, 3.63) is 11.3 Å². The summed E-state index contributed by atoms with van der Waals surface area (Å²) in [7, 11) is 1.83. The van der Waals surface area contributed by atoms with Crippen LogP contribution in [-0.2, 0) is 7.05 Å². The van der Waals surface area contributed by atoms with Gasteiger partial charge in [-0.05, 0) is 37.5 Å². The van der Waals surface area contributed by atoms with Crippen molar-refractivity contribution in [2.75, 3.05) is 18.0 Å². The molecule has 1 saturated heterocycles. The lowest BCUT2D eigenvalue weighted by Gasteiger charge is -2.30. The Bertz CT molecular complexity index is 528. The molecule has 1 N–H and O–H groups in total. The molecule has 1 atom stereocenters. The number of rotatable bonds is 2. The van der Waals surface area contributed by atoms with Crippen molar-refractivity contribution in [3.63, 3.8) is 0 Å². The van der Waals surface area contributed by atoms with Crippen LogP contribution in [0.5, 0.6) is 0 Å². The van der Waals surface area contributed by atoms with Crippen LogP contribution in [0.25, 0.3) is 0 Å². The van der Waals surface area contributed by atoms with Crippen LogP contribution in [0.4, 0.5) is 5.82 Å². The van der Waals surface area contributed by atoms with E-state index in [1.54, 1.807) is 11.6 Å². The van der Waals surface area contributed by atoms with Gasteiger partial charge in [0.1, 0.15) is 11.4 Å². The molecule has 1 unspecified atom stereocenters. The highest BCUT2D eigenvalue weighted by Crippen LogP contribution is 2.36. The summed E-state index contributed by atoms with van der Waals surface area (Å²) in [5.41, 5.74) is 1.26. The molecule has 0 radical (unpaired) electrons. The van der Waals surface area contributed by atoms with Crippen LogP contribution in [0.3, 0.4) is 0 Å². The molecule has 1 aromatic heterocycles. The fourth-order valence-corrected chi connectivity index (χ4v) is 3.43. The maximum Gasteiger partial charge on any atom is 0.341 e. The Kier molecular flexibility index (Phi) is 4.30. The highest BCUT2D eigenvalue weighted by atomic mass is 16.4. The molecule has 5 heteroatoms. The van der Waals surface area contributed by atoms with Gasteiger partial charge < -0.3 is 10.0 Å². The zero-order valence-corrected chi connectivity index (χ0v) is 13.8. The molecule has 0 aliphatic carbocycles. The fourth-order valence-electron chi connectivity index (χ4n) is 3.43. The Balaban J connectivity index is 2.26.